The lowest BCUT2D eigenvalue weighted by molar-refractivity contribution is -0.127. The first-order valence-electron chi connectivity index (χ1n) is 7.14. The summed E-state index contributed by atoms with van der Waals surface area (Å²) in [6, 6.07) is 0. The maximum Gasteiger partial charge on any atom is 0.264 e. The minimum atomic E-state index is -3.91. The van der Waals surface area contributed by atoms with Gasteiger partial charge in [0.05, 0.1) is 23.9 Å². The van der Waals surface area contributed by atoms with Crippen LogP contribution in [0.3, 0.4) is 0 Å². The van der Waals surface area contributed by atoms with Crippen LogP contribution in [0.15, 0.2) is 0 Å². The van der Waals surface area contributed by atoms with Crippen LogP contribution in [0.4, 0.5) is 0 Å². The van der Waals surface area contributed by atoms with E-state index in [1.165, 1.54) is 5.25 Å². The maximum absolute atomic E-state index is 12.3. The van der Waals surface area contributed by atoms with Gasteiger partial charge in [-0.15, -0.1) is 11.8 Å². The highest BCUT2D eigenvalue weighted by Crippen LogP contribution is 2.40. The summed E-state index contributed by atoms with van der Waals surface area (Å²) in [6.07, 6.45) is 1.51. The number of thioether (sulfide) groups is 2. The first-order chi connectivity index (χ1) is 9.59. The van der Waals surface area contributed by atoms with Gasteiger partial charge in [0.15, 0.2) is 5.25 Å². The monoisotopic (exact) mass is 353 g/mol. The van der Waals surface area contributed by atoms with Gasteiger partial charge in [0, 0.05) is 16.9 Å². The van der Waals surface area contributed by atoms with Crippen molar-refractivity contribution in [2.45, 2.75) is 40.0 Å². The minimum Gasteiger partial charge on any atom is -0.299 e. The van der Waals surface area contributed by atoms with E-state index in [1.54, 1.807) is 0 Å². The quantitative estimate of drug-likeness (QED) is 0.559. The molecule has 122 valence electrons. The lowest BCUT2D eigenvalue weighted by atomic mass is 9.83. The Balaban J connectivity index is 2.63. The van der Waals surface area contributed by atoms with Crippen LogP contribution in [0.2, 0.25) is 0 Å². The van der Waals surface area contributed by atoms with Gasteiger partial charge in [0.2, 0.25) is 0 Å². The third kappa shape index (κ3) is 7.81. The molecule has 0 amide bonds. The van der Waals surface area contributed by atoms with E-state index in [9.17, 15) is 13.2 Å². The Hall–Kier alpha value is 0.150. The Labute approximate surface area is 137 Å². The van der Waals surface area contributed by atoms with Crippen molar-refractivity contribution < 1.29 is 17.8 Å². The van der Waals surface area contributed by atoms with Gasteiger partial charge in [-0.25, -0.2) is 0 Å². The van der Waals surface area contributed by atoms with Crippen LogP contribution in [0.5, 0.6) is 0 Å². The summed E-state index contributed by atoms with van der Waals surface area (Å²) < 4.78 is 30.5. The van der Waals surface area contributed by atoms with Gasteiger partial charge in [-0.05, 0) is 12.8 Å². The van der Waals surface area contributed by atoms with Crippen molar-refractivity contribution in [2.75, 3.05) is 23.0 Å². The highest BCUT2D eigenvalue weighted by atomic mass is 32.2. The molecule has 7 heteroatoms. The van der Waals surface area contributed by atoms with Gasteiger partial charge in [0.1, 0.15) is 17.5 Å². The fourth-order valence-electron chi connectivity index (χ4n) is 2.10. The van der Waals surface area contributed by atoms with E-state index in [0.717, 1.165) is 17.3 Å². The molecule has 0 bridgehead atoms. The summed E-state index contributed by atoms with van der Waals surface area (Å²) in [7, 11) is -3.91. The molecule has 0 aromatic heterocycles. The molecule has 0 aromatic rings. The van der Waals surface area contributed by atoms with E-state index >= 15 is 0 Å². The second kappa shape index (κ2) is 8.13. The van der Waals surface area contributed by atoms with Crippen molar-refractivity contribution in [3.05, 3.63) is 5.25 Å². The van der Waals surface area contributed by atoms with Gasteiger partial charge < -0.3 is 0 Å². The summed E-state index contributed by atoms with van der Waals surface area (Å²) in [5.41, 5.74) is -0.367. The Morgan fingerprint density at radius 1 is 1.33 bits per heavy atom. The van der Waals surface area contributed by atoms with Gasteiger partial charge in [0.25, 0.3) is 10.1 Å². The fourth-order valence-corrected chi connectivity index (χ4v) is 5.30. The molecule has 1 rings (SSSR count). The van der Waals surface area contributed by atoms with Crippen LogP contribution in [-0.2, 0) is 14.9 Å². The molecule has 4 nitrogen and oxygen atoms in total. The topological polar surface area (TPSA) is 71.4 Å². The van der Waals surface area contributed by atoms with Crippen LogP contribution in [0.1, 0.15) is 40.0 Å². The molecule has 1 atom stereocenters. The van der Waals surface area contributed by atoms with Crippen molar-refractivity contribution >= 4 is 39.4 Å². The summed E-state index contributed by atoms with van der Waals surface area (Å²) in [4.78, 5) is 12.3. The third-order valence-electron chi connectivity index (χ3n) is 3.44. The minimum absolute atomic E-state index is 0.122. The largest absolute Gasteiger partial charge is 0.299 e. The number of carbonyl (C=O) groups excluding carboxylic acids is 1. The van der Waals surface area contributed by atoms with E-state index in [2.05, 4.69) is 0 Å². The SMILES string of the molecule is CC(C)(C)C(=O)CC(CCCS(=O)(=O)O)[C+]1CSCCS1. The van der Waals surface area contributed by atoms with Crippen LogP contribution in [-0.4, -0.2) is 41.8 Å². The Morgan fingerprint density at radius 3 is 2.48 bits per heavy atom. The van der Waals surface area contributed by atoms with Crippen LogP contribution >= 0.6 is 23.5 Å². The molecule has 0 radical (unpaired) electrons. The maximum atomic E-state index is 12.3. The zero-order chi connectivity index (χ0) is 16.1. The predicted molar refractivity (Wildman–Crippen MR) is 91.2 cm³/mol. The molecule has 0 aromatic carbocycles. The van der Waals surface area contributed by atoms with Crippen molar-refractivity contribution in [1.82, 2.24) is 0 Å². The van der Waals surface area contributed by atoms with Gasteiger partial charge in [-0.2, -0.15) is 8.42 Å². The normalized spacial score (nSPS) is 18.6. The van der Waals surface area contributed by atoms with E-state index < -0.39 is 10.1 Å². The van der Waals surface area contributed by atoms with E-state index in [-0.39, 0.29) is 22.9 Å². The molecule has 1 N–H and O–H groups in total. The molecule has 0 aliphatic carbocycles. The predicted octanol–water partition coefficient (Wildman–Crippen LogP) is 3.29. The number of carbonyl (C=O) groups is 1. The molecule has 1 aliphatic rings. The molecular formula is C14H25O4S3+. The third-order valence-corrected chi connectivity index (χ3v) is 6.95. The number of ketones is 1. The van der Waals surface area contributed by atoms with Crippen LogP contribution in [0.25, 0.3) is 0 Å². The standard InChI is InChI=1S/C14H24O4S3/c1-14(2,3)13(15)9-11(5-4-8-21(16,17)18)12-10-19-6-7-20-12/h11H,4-10H2,1-3H3/p+1. The van der Waals surface area contributed by atoms with Crippen molar-refractivity contribution in [1.29, 1.82) is 0 Å². The molecule has 1 aliphatic heterocycles. The molecule has 0 spiro atoms. The Kier molecular flexibility index (Phi) is 7.43. The lowest BCUT2D eigenvalue weighted by Crippen LogP contribution is -2.27. The van der Waals surface area contributed by atoms with E-state index in [0.29, 0.717) is 19.3 Å². The van der Waals surface area contributed by atoms with Crippen molar-refractivity contribution in [3.8, 4) is 0 Å². The molecule has 21 heavy (non-hydrogen) atoms. The smallest absolute Gasteiger partial charge is 0.264 e. The second-order valence-corrected chi connectivity index (χ2v) is 10.3. The Bertz CT molecular complexity index is 434. The lowest BCUT2D eigenvalue weighted by Gasteiger charge is -2.22. The molecule has 1 heterocycles. The van der Waals surface area contributed by atoms with Gasteiger partial charge >= 0.3 is 0 Å². The van der Waals surface area contributed by atoms with Crippen LogP contribution < -0.4 is 0 Å². The van der Waals surface area contributed by atoms with E-state index in [1.807, 2.05) is 44.3 Å². The van der Waals surface area contributed by atoms with E-state index in [4.69, 9.17) is 4.55 Å². The van der Waals surface area contributed by atoms with Gasteiger partial charge in [-0.3, -0.25) is 9.35 Å². The number of hydrogen-bond acceptors (Lipinski definition) is 5. The van der Waals surface area contributed by atoms with Gasteiger partial charge in [-0.1, -0.05) is 20.8 Å². The highest BCUT2D eigenvalue weighted by Gasteiger charge is 2.39. The zero-order valence-electron chi connectivity index (χ0n) is 12.9. The van der Waals surface area contributed by atoms with Crippen LogP contribution in [0, 0.1) is 16.6 Å². The highest BCUT2D eigenvalue weighted by molar-refractivity contribution is 8.08. The molecule has 1 unspecified atom stereocenters. The molecular weight excluding hydrogens is 328 g/mol. The van der Waals surface area contributed by atoms with Crippen molar-refractivity contribution in [3.63, 3.8) is 0 Å². The summed E-state index contributed by atoms with van der Waals surface area (Å²) >= 11 is 3.68. The number of rotatable bonds is 7. The first-order valence-corrected chi connectivity index (χ1v) is 10.9. The Morgan fingerprint density at radius 2 is 2.00 bits per heavy atom. The zero-order valence-corrected chi connectivity index (χ0v) is 15.4. The molecule has 0 saturated carbocycles. The van der Waals surface area contributed by atoms with Crippen molar-refractivity contribution in [2.24, 2.45) is 11.3 Å². The fraction of sp³-hybridized carbons (Fsp3) is 0.857. The summed E-state index contributed by atoms with van der Waals surface area (Å²) in [5, 5.41) is 1.30. The molecule has 1 saturated heterocycles. The average Bonchev–Trinajstić information content (AvgIpc) is 2.36. The molecule has 1 fully saturated rings. The summed E-state index contributed by atoms with van der Waals surface area (Å²) in [6.45, 7) is 5.74. The summed E-state index contributed by atoms with van der Waals surface area (Å²) in [5.74, 6) is 3.23. The number of Topliss-reactive ketones (excluding diaryl/α,β-unsaturated/α-hetero) is 1. The average molecular weight is 354 g/mol. The second-order valence-electron chi connectivity index (χ2n) is 6.37. The first kappa shape index (κ1) is 19.2. The number of hydrogen-bond donors (Lipinski definition) is 1.